The van der Waals surface area contributed by atoms with Crippen LogP contribution in [0.25, 0.3) is 0 Å². The zero-order valence-corrected chi connectivity index (χ0v) is 12.3. The van der Waals surface area contributed by atoms with E-state index in [4.69, 9.17) is 18.0 Å². The van der Waals surface area contributed by atoms with Gasteiger partial charge in [-0.15, -0.1) is 0 Å². The first-order valence-corrected chi connectivity index (χ1v) is 6.67. The summed E-state index contributed by atoms with van der Waals surface area (Å²) in [5.74, 6) is -0.356. The van der Waals surface area contributed by atoms with E-state index in [1.807, 2.05) is 24.3 Å². The minimum Gasteiger partial charge on any atom is -0.389 e. The fourth-order valence-electron chi connectivity index (χ4n) is 1.55. The van der Waals surface area contributed by atoms with Gasteiger partial charge >= 0.3 is 0 Å². The Hall–Kier alpha value is -1.21. The van der Waals surface area contributed by atoms with E-state index in [-0.39, 0.29) is 10.8 Å². The highest BCUT2D eigenvalue weighted by molar-refractivity contribution is 14.1. The van der Waals surface area contributed by atoms with Crippen LogP contribution in [0.3, 0.4) is 0 Å². The molecule has 2 aromatic carbocycles. The number of nitrogens with two attached hydrogens (primary N) is 1. The van der Waals surface area contributed by atoms with E-state index < -0.39 is 0 Å². The minimum absolute atomic E-state index is 0.169. The second-order valence-corrected chi connectivity index (χ2v) is 5.37. The molecular weight excluding hydrogens is 362 g/mol. The van der Waals surface area contributed by atoms with Crippen LogP contribution in [0.5, 0.6) is 0 Å². The van der Waals surface area contributed by atoms with Gasteiger partial charge in [-0.2, -0.15) is 0 Å². The van der Waals surface area contributed by atoms with Crippen molar-refractivity contribution in [1.82, 2.24) is 0 Å². The summed E-state index contributed by atoms with van der Waals surface area (Å²) in [4.78, 5) is 0.169. The second kappa shape index (κ2) is 5.62. The number of anilines is 2. The van der Waals surface area contributed by atoms with Crippen LogP contribution in [-0.2, 0) is 0 Å². The maximum atomic E-state index is 13.2. The Balaban J connectivity index is 2.37. The Bertz CT molecular complexity index is 601. The molecule has 0 aliphatic heterocycles. The third-order valence-electron chi connectivity index (χ3n) is 2.35. The summed E-state index contributed by atoms with van der Waals surface area (Å²) in [6.45, 7) is 0. The Kier molecular flexibility index (Phi) is 4.13. The average Bonchev–Trinajstić information content (AvgIpc) is 2.31. The lowest BCUT2D eigenvalue weighted by molar-refractivity contribution is 0.628. The number of halogens is 2. The van der Waals surface area contributed by atoms with Gasteiger partial charge in [-0.3, -0.25) is 0 Å². The van der Waals surface area contributed by atoms with Crippen molar-refractivity contribution >= 4 is 51.2 Å². The van der Waals surface area contributed by atoms with E-state index in [0.717, 1.165) is 9.26 Å². The SMILES string of the molecule is NC(=S)c1cc(F)ccc1Nc1cccc(I)c1. The van der Waals surface area contributed by atoms with Crippen LogP contribution in [0.4, 0.5) is 15.8 Å². The summed E-state index contributed by atoms with van der Waals surface area (Å²) in [6, 6.07) is 12.2. The molecule has 0 aliphatic carbocycles. The Morgan fingerprint density at radius 2 is 2.00 bits per heavy atom. The molecule has 0 fully saturated rings. The molecule has 0 amide bonds. The molecular formula is C13H10FIN2S. The number of nitrogens with one attached hydrogen (secondary N) is 1. The lowest BCUT2D eigenvalue weighted by atomic mass is 10.1. The smallest absolute Gasteiger partial charge is 0.124 e. The summed E-state index contributed by atoms with van der Waals surface area (Å²) in [5, 5.41) is 3.18. The summed E-state index contributed by atoms with van der Waals surface area (Å²) < 4.78 is 14.3. The van der Waals surface area contributed by atoms with E-state index in [9.17, 15) is 4.39 Å². The van der Waals surface area contributed by atoms with E-state index in [1.54, 1.807) is 6.07 Å². The van der Waals surface area contributed by atoms with Crippen LogP contribution in [0.15, 0.2) is 42.5 Å². The summed E-state index contributed by atoms with van der Waals surface area (Å²) in [6.07, 6.45) is 0. The highest BCUT2D eigenvalue weighted by Crippen LogP contribution is 2.23. The van der Waals surface area contributed by atoms with Crippen LogP contribution in [0.1, 0.15) is 5.56 Å². The van der Waals surface area contributed by atoms with Gasteiger partial charge < -0.3 is 11.1 Å². The molecule has 0 spiro atoms. The first kappa shape index (κ1) is 13.2. The van der Waals surface area contributed by atoms with Gasteiger partial charge in [0.15, 0.2) is 0 Å². The zero-order chi connectivity index (χ0) is 13.1. The number of rotatable bonds is 3. The molecule has 5 heteroatoms. The lowest BCUT2D eigenvalue weighted by Crippen LogP contribution is -2.12. The maximum Gasteiger partial charge on any atom is 0.124 e. The van der Waals surface area contributed by atoms with Gasteiger partial charge in [0.05, 0.1) is 0 Å². The van der Waals surface area contributed by atoms with Gasteiger partial charge in [-0.25, -0.2) is 4.39 Å². The molecule has 2 nitrogen and oxygen atoms in total. The molecule has 0 atom stereocenters. The molecule has 2 rings (SSSR count). The van der Waals surface area contributed by atoms with E-state index >= 15 is 0 Å². The molecule has 0 heterocycles. The van der Waals surface area contributed by atoms with Crippen LogP contribution >= 0.6 is 34.8 Å². The highest BCUT2D eigenvalue weighted by atomic mass is 127. The van der Waals surface area contributed by atoms with E-state index in [2.05, 4.69) is 27.9 Å². The predicted molar refractivity (Wildman–Crippen MR) is 84.7 cm³/mol. The molecule has 0 bridgehead atoms. The van der Waals surface area contributed by atoms with Crippen LogP contribution < -0.4 is 11.1 Å². The molecule has 3 N–H and O–H groups in total. The van der Waals surface area contributed by atoms with Crippen molar-refractivity contribution in [3.8, 4) is 0 Å². The highest BCUT2D eigenvalue weighted by Gasteiger charge is 2.07. The minimum atomic E-state index is -0.356. The topological polar surface area (TPSA) is 38.0 Å². The number of benzene rings is 2. The molecule has 0 saturated carbocycles. The van der Waals surface area contributed by atoms with Crippen LogP contribution in [0, 0.1) is 9.39 Å². The first-order valence-electron chi connectivity index (χ1n) is 5.18. The van der Waals surface area contributed by atoms with Gasteiger partial charge in [0.1, 0.15) is 10.8 Å². The van der Waals surface area contributed by atoms with Gasteiger partial charge in [0.25, 0.3) is 0 Å². The van der Waals surface area contributed by atoms with Crippen molar-refractivity contribution < 1.29 is 4.39 Å². The number of hydrogen-bond acceptors (Lipinski definition) is 2. The molecule has 18 heavy (non-hydrogen) atoms. The first-order chi connectivity index (χ1) is 8.56. The van der Waals surface area contributed by atoms with Crippen molar-refractivity contribution in [3.63, 3.8) is 0 Å². The van der Waals surface area contributed by atoms with Gasteiger partial charge in [0, 0.05) is 20.5 Å². The summed E-state index contributed by atoms with van der Waals surface area (Å²) in [7, 11) is 0. The fraction of sp³-hybridized carbons (Fsp3) is 0. The monoisotopic (exact) mass is 372 g/mol. The third-order valence-corrected chi connectivity index (χ3v) is 3.24. The summed E-state index contributed by atoms with van der Waals surface area (Å²) in [5.41, 5.74) is 7.70. The fourth-order valence-corrected chi connectivity index (χ4v) is 2.26. The third kappa shape index (κ3) is 3.17. The van der Waals surface area contributed by atoms with Gasteiger partial charge in [-0.1, -0.05) is 18.3 Å². The molecule has 0 unspecified atom stereocenters. The Morgan fingerprint density at radius 1 is 1.22 bits per heavy atom. The van der Waals surface area contributed by atoms with E-state index in [0.29, 0.717) is 11.3 Å². The van der Waals surface area contributed by atoms with Crippen molar-refractivity contribution in [2.45, 2.75) is 0 Å². The van der Waals surface area contributed by atoms with Crippen LogP contribution in [-0.4, -0.2) is 4.99 Å². The molecule has 2 aromatic rings. The Morgan fingerprint density at radius 3 is 2.67 bits per heavy atom. The van der Waals surface area contributed by atoms with Crippen molar-refractivity contribution in [2.75, 3.05) is 5.32 Å². The van der Waals surface area contributed by atoms with Crippen LogP contribution in [0.2, 0.25) is 0 Å². The molecule has 0 aromatic heterocycles. The van der Waals surface area contributed by atoms with Gasteiger partial charge in [-0.05, 0) is 59.0 Å². The van der Waals surface area contributed by atoms with Crippen molar-refractivity contribution in [2.24, 2.45) is 5.73 Å². The average molecular weight is 372 g/mol. The second-order valence-electron chi connectivity index (χ2n) is 3.69. The molecule has 92 valence electrons. The summed E-state index contributed by atoms with van der Waals surface area (Å²) >= 11 is 7.15. The zero-order valence-electron chi connectivity index (χ0n) is 9.28. The maximum absolute atomic E-state index is 13.2. The van der Waals surface area contributed by atoms with E-state index in [1.165, 1.54) is 12.1 Å². The largest absolute Gasteiger partial charge is 0.389 e. The van der Waals surface area contributed by atoms with Crippen molar-refractivity contribution in [1.29, 1.82) is 0 Å². The lowest BCUT2D eigenvalue weighted by Gasteiger charge is -2.11. The predicted octanol–water partition coefficient (Wildman–Crippen LogP) is 3.81. The number of hydrogen-bond donors (Lipinski definition) is 2. The number of thiocarbonyl (C=S) groups is 1. The van der Waals surface area contributed by atoms with Crippen molar-refractivity contribution in [3.05, 3.63) is 57.4 Å². The molecule has 0 radical (unpaired) electrons. The van der Waals surface area contributed by atoms with Gasteiger partial charge in [0.2, 0.25) is 0 Å². The normalized spacial score (nSPS) is 10.1. The standard InChI is InChI=1S/C13H10FIN2S/c14-8-4-5-12(11(6-8)13(16)18)17-10-3-1-2-9(15)7-10/h1-7,17H,(H2,16,18). The quantitative estimate of drug-likeness (QED) is 0.636. The molecule has 0 aliphatic rings. The Labute approximate surface area is 124 Å². The molecule has 0 saturated heterocycles.